The smallest absolute Gasteiger partial charge is 0.110 e. The zero-order valence-corrected chi connectivity index (χ0v) is 12.7. The van der Waals surface area contributed by atoms with Crippen LogP contribution in [0.15, 0.2) is 28.3 Å². The Balaban J connectivity index is 2.15. The number of imidazole rings is 1. The molecule has 3 N–H and O–H groups in total. The summed E-state index contributed by atoms with van der Waals surface area (Å²) in [7, 11) is 0. The SMILES string of the molecule is CCCn1ccnc1CC(NN)c1sccc1Br. The first-order chi connectivity index (χ1) is 8.76. The summed E-state index contributed by atoms with van der Waals surface area (Å²) in [6.07, 6.45) is 5.77. The number of halogens is 1. The van der Waals surface area contributed by atoms with Crippen molar-refractivity contribution >= 4 is 27.3 Å². The van der Waals surface area contributed by atoms with Crippen molar-refractivity contribution in [3.63, 3.8) is 0 Å². The fraction of sp³-hybridized carbons (Fsp3) is 0.417. The standard InChI is InChI=1S/C12H17BrN4S/c1-2-5-17-6-4-15-11(17)8-10(16-14)12-9(13)3-7-18-12/h3-4,6-7,10,16H,2,5,8,14H2,1H3. The first-order valence-corrected chi connectivity index (χ1v) is 7.62. The van der Waals surface area contributed by atoms with Crippen LogP contribution >= 0.6 is 27.3 Å². The second-order valence-corrected chi connectivity index (χ2v) is 5.90. The van der Waals surface area contributed by atoms with Gasteiger partial charge in [-0.1, -0.05) is 6.92 Å². The molecule has 0 bridgehead atoms. The van der Waals surface area contributed by atoms with E-state index in [1.54, 1.807) is 11.3 Å². The number of nitrogens with zero attached hydrogens (tertiary/aromatic N) is 2. The summed E-state index contributed by atoms with van der Waals surface area (Å²) in [5.74, 6) is 6.74. The van der Waals surface area contributed by atoms with Gasteiger partial charge >= 0.3 is 0 Å². The highest BCUT2D eigenvalue weighted by Gasteiger charge is 2.17. The molecule has 1 unspecified atom stereocenters. The van der Waals surface area contributed by atoms with Crippen molar-refractivity contribution in [1.29, 1.82) is 0 Å². The number of hydrogen-bond donors (Lipinski definition) is 2. The molecule has 0 aliphatic rings. The van der Waals surface area contributed by atoms with Gasteiger partial charge in [-0.15, -0.1) is 11.3 Å². The highest BCUT2D eigenvalue weighted by molar-refractivity contribution is 9.10. The Kier molecular flexibility index (Phi) is 4.94. The quantitative estimate of drug-likeness (QED) is 0.633. The summed E-state index contributed by atoms with van der Waals surface area (Å²) in [6.45, 7) is 3.16. The molecular weight excluding hydrogens is 312 g/mol. The van der Waals surface area contributed by atoms with Gasteiger partial charge in [-0.3, -0.25) is 11.3 Å². The van der Waals surface area contributed by atoms with Crippen LogP contribution in [0.5, 0.6) is 0 Å². The lowest BCUT2D eigenvalue weighted by Crippen LogP contribution is -2.30. The topological polar surface area (TPSA) is 55.9 Å². The van der Waals surface area contributed by atoms with Gasteiger partial charge in [0.25, 0.3) is 0 Å². The van der Waals surface area contributed by atoms with Gasteiger partial charge in [0.15, 0.2) is 0 Å². The van der Waals surface area contributed by atoms with E-state index < -0.39 is 0 Å². The zero-order valence-electron chi connectivity index (χ0n) is 10.3. The third-order valence-corrected chi connectivity index (χ3v) is 4.80. The number of nitrogens with two attached hydrogens (primary N) is 1. The molecule has 0 spiro atoms. The molecule has 2 heterocycles. The molecule has 98 valence electrons. The minimum atomic E-state index is 0.0948. The molecule has 0 aromatic carbocycles. The van der Waals surface area contributed by atoms with E-state index in [0.717, 1.165) is 29.7 Å². The Labute approximate surface area is 119 Å². The van der Waals surface area contributed by atoms with Crippen molar-refractivity contribution in [3.8, 4) is 0 Å². The molecule has 2 aromatic heterocycles. The van der Waals surface area contributed by atoms with Crippen LogP contribution in [0.2, 0.25) is 0 Å². The molecule has 0 amide bonds. The van der Waals surface area contributed by atoms with E-state index in [1.807, 2.05) is 18.5 Å². The van der Waals surface area contributed by atoms with Crippen LogP contribution in [0.1, 0.15) is 30.1 Å². The second-order valence-electron chi connectivity index (χ2n) is 4.09. The molecule has 0 saturated heterocycles. The lowest BCUT2D eigenvalue weighted by molar-refractivity contribution is 0.522. The number of rotatable bonds is 6. The van der Waals surface area contributed by atoms with E-state index >= 15 is 0 Å². The first kappa shape index (κ1) is 13.7. The molecule has 0 saturated carbocycles. The molecule has 18 heavy (non-hydrogen) atoms. The Hall–Kier alpha value is -0.690. The van der Waals surface area contributed by atoms with Gasteiger partial charge in [0, 0.05) is 34.7 Å². The van der Waals surface area contributed by atoms with E-state index in [-0.39, 0.29) is 6.04 Å². The summed E-state index contributed by atoms with van der Waals surface area (Å²) in [5.41, 5.74) is 2.88. The summed E-state index contributed by atoms with van der Waals surface area (Å²) in [5, 5.41) is 2.06. The number of aromatic nitrogens is 2. The Morgan fingerprint density at radius 1 is 1.61 bits per heavy atom. The van der Waals surface area contributed by atoms with Crippen molar-refractivity contribution in [2.75, 3.05) is 0 Å². The molecule has 0 fully saturated rings. The van der Waals surface area contributed by atoms with Crippen LogP contribution in [0, 0.1) is 0 Å². The van der Waals surface area contributed by atoms with Crippen molar-refractivity contribution < 1.29 is 0 Å². The monoisotopic (exact) mass is 328 g/mol. The van der Waals surface area contributed by atoms with E-state index in [0.29, 0.717) is 0 Å². The normalized spacial score (nSPS) is 12.8. The van der Waals surface area contributed by atoms with Crippen molar-refractivity contribution in [2.45, 2.75) is 32.4 Å². The van der Waals surface area contributed by atoms with Crippen LogP contribution in [0.3, 0.4) is 0 Å². The molecule has 6 heteroatoms. The van der Waals surface area contributed by atoms with Gasteiger partial charge in [-0.05, 0) is 33.8 Å². The molecule has 2 aromatic rings. The molecule has 1 atom stereocenters. The molecule has 0 aliphatic carbocycles. The predicted molar refractivity (Wildman–Crippen MR) is 78.3 cm³/mol. The van der Waals surface area contributed by atoms with Gasteiger partial charge in [0.1, 0.15) is 5.82 Å². The maximum absolute atomic E-state index is 5.67. The summed E-state index contributed by atoms with van der Waals surface area (Å²) in [4.78, 5) is 5.63. The molecule has 0 aliphatic heterocycles. The highest BCUT2D eigenvalue weighted by atomic mass is 79.9. The minimum Gasteiger partial charge on any atom is -0.335 e. The van der Waals surface area contributed by atoms with E-state index in [4.69, 9.17) is 5.84 Å². The van der Waals surface area contributed by atoms with Crippen LogP contribution in [0.25, 0.3) is 0 Å². The van der Waals surface area contributed by atoms with Gasteiger partial charge in [-0.2, -0.15) is 0 Å². The zero-order chi connectivity index (χ0) is 13.0. The van der Waals surface area contributed by atoms with Crippen LogP contribution < -0.4 is 11.3 Å². The number of hydrazine groups is 1. The molecule has 0 radical (unpaired) electrons. The van der Waals surface area contributed by atoms with Gasteiger partial charge in [0.05, 0.1) is 6.04 Å². The van der Waals surface area contributed by atoms with E-state index in [9.17, 15) is 0 Å². The molecular formula is C12H17BrN4S. The van der Waals surface area contributed by atoms with Crippen molar-refractivity contribution in [3.05, 3.63) is 39.0 Å². The van der Waals surface area contributed by atoms with E-state index in [1.165, 1.54) is 4.88 Å². The average Bonchev–Trinajstić information content (AvgIpc) is 2.96. The predicted octanol–water partition coefficient (Wildman–Crippen LogP) is 2.86. The third-order valence-electron chi connectivity index (χ3n) is 2.82. The number of hydrogen-bond acceptors (Lipinski definition) is 4. The third kappa shape index (κ3) is 3.00. The number of thiophene rings is 1. The number of nitrogens with one attached hydrogen (secondary N) is 1. The highest BCUT2D eigenvalue weighted by Crippen LogP contribution is 2.30. The average molecular weight is 329 g/mol. The van der Waals surface area contributed by atoms with Gasteiger partial charge in [0.2, 0.25) is 0 Å². The van der Waals surface area contributed by atoms with E-state index in [2.05, 4.69) is 43.2 Å². The summed E-state index contributed by atoms with van der Waals surface area (Å²) in [6, 6.07) is 2.14. The molecule has 4 nitrogen and oxygen atoms in total. The van der Waals surface area contributed by atoms with Crippen molar-refractivity contribution in [1.82, 2.24) is 15.0 Å². The fourth-order valence-electron chi connectivity index (χ4n) is 1.94. The Bertz CT molecular complexity index is 494. The van der Waals surface area contributed by atoms with Crippen molar-refractivity contribution in [2.24, 2.45) is 5.84 Å². The first-order valence-electron chi connectivity index (χ1n) is 5.95. The molecule has 2 rings (SSSR count). The lowest BCUT2D eigenvalue weighted by atomic mass is 10.1. The van der Waals surface area contributed by atoms with Crippen LogP contribution in [-0.2, 0) is 13.0 Å². The number of aryl methyl sites for hydroxylation is 1. The maximum Gasteiger partial charge on any atom is 0.110 e. The van der Waals surface area contributed by atoms with Gasteiger partial charge < -0.3 is 4.57 Å². The second kappa shape index (κ2) is 6.47. The Morgan fingerprint density at radius 2 is 2.44 bits per heavy atom. The minimum absolute atomic E-state index is 0.0948. The van der Waals surface area contributed by atoms with Crippen LogP contribution in [-0.4, -0.2) is 9.55 Å². The lowest BCUT2D eigenvalue weighted by Gasteiger charge is -2.15. The summed E-state index contributed by atoms with van der Waals surface area (Å²) < 4.78 is 3.29. The van der Waals surface area contributed by atoms with Crippen LogP contribution in [0.4, 0.5) is 0 Å². The Morgan fingerprint density at radius 3 is 3.06 bits per heavy atom. The van der Waals surface area contributed by atoms with Gasteiger partial charge in [-0.25, -0.2) is 4.98 Å². The maximum atomic E-state index is 5.67. The summed E-state index contributed by atoms with van der Waals surface area (Å²) >= 11 is 5.25. The fourth-order valence-corrected chi connectivity index (χ4v) is 3.65. The largest absolute Gasteiger partial charge is 0.335 e.